The number of aryl methyl sites for hydroxylation is 1. The first-order chi connectivity index (χ1) is 13.3. The van der Waals surface area contributed by atoms with Gasteiger partial charge in [0.2, 0.25) is 5.91 Å². The summed E-state index contributed by atoms with van der Waals surface area (Å²) in [5.74, 6) is 1.41. The topological polar surface area (TPSA) is 38.1 Å². The Hall–Kier alpha value is -2.62. The molecule has 2 aromatic carbocycles. The van der Waals surface area contributed by atoms with Gasteiger partial charge in [-0.2, -0.15) is 0 Å². The van der Waals surface area contributed by atoms with Crippen LogP contribution in [0.15, 0.2) is 54.6 Å². The number of carbonyl (C=O) groups is 1. The molecular formula is C23H27N3O. The third-order valence-corrected chi connectivity index (χ3v) is 5.48. The van der Waals surface area contributed by atoms with Crippen LogP contribution in [0, 0.1) is 0 Å². The lowest BCUT2D eigenvalue weighted by Gasteiger charge is -2.17. The maximum absolute atomic E-state index is 12.7. The molecule has 2 heterocycles. The minimum atomic E-state index is 0.149. The molecule has 3 aromatic rings. The molecule has 1 unspecified atom stereocenters. The summed E-state index contributed by atoms with van der Waals surface area (Å²) in [7, 11) is 0. The van der Waals surface area contributed by atoms with Crippen molar-refractivity contribution >= 4 is 22.6 Å². The minimum Gasteiger partial charge on any atom is -0.328 e. The second-order valence-corrected chi connectivity index (χ2v) is 7.41. The van der Waals surface area contributed by atoms with Gasteiger partial charge in [0.1, 0.15) is 5.82 Å². The summed E-state index contributed by atoms with van der Waals surface area (Å²) in [6.45, 7) is 3.92. The number of fused-ring (bicyclic) bond motifs is 1. The zero-order valence-electron chi connectivity index (χ0n) is 16.0. The lowest BCUT2D eigenvalue weighted by Crippen LogP contribution is -2.24. The fourth-order valence-corrected chi connectivity index (χ4v) is 4.08. The molecule has 0 saturated carbocycles. The highest BCUT2D eigenvalue weighted by Gasteiger charge is 2.34. The van der Waals surface area contributed by atoms with E-state index in [4.69, 9.17) is 4.98 Å². The van der Waals surface area contributed by atoms with Gasteiger partial charge in [-0.3, -0.25) is 4.79 Å². The summed E-state index contributed by atoms with van der Waals surface area (Å²) in [5.41, 5.74) is 3.21. The highest BCUT2D eigenvalue weighted by molar-refractivity contribution is 5.96. The number of anilines is 1. The van der Waals surface area contributed by atoms with E-state index in [1.54, 1.807) is 0 Å². The van der Waals surface area contributed by atoms with Crippen molar-refractivity contribution in [3.05, 3.63) is 60.4 Å². The molecule has 1 aliphatic heterocycles. The van der Waals surface area contributed by atoms with Crippen LogP contribution >= 0.6 is 0 Å². The molecule has 1 aliphatic rings. The van der Waals surface area contributed by atoms with Crippen molar-refractivity contribution in [2.75, 3.05) is 11.4 Å². The van der Waals surface area contributed by atoms with Gasteiger partial charge in [-0.15, -0.1) is 0 Å². The summed E-state index contributed by atoms with van der Waals surface area (Å²) in [6, 6.07) is 18.3. The van der Waals surface area contributed by atoms with E-state index in [0.717, 1.165) is 30.0 Å². The third-order valence-electron chi connectivity index (χ3n) is 5.48. The van der Waals surface area contributed by atoms with Crippen LogP contribution in [0.25, 0.3) is 11.0 Å². The molecule has 0 N–H and O–H groups in total. The number of hydrogen-bond donors (Lipinski definition) is 0. The molecule has 1 aromatic heterocycles. The normalized spacial score (nSPS) is 17.1. The first kappa shape index (κ1) is 17.8. The smallest absolute Gasteiger partial charge is 0.227 e. The van der Waals surface area contributed by atoms with E-state index in [1.807, 2.05) is 41.3 Å². The minimum absolute atomic E-state index is 0.149. The van der Waals surface area contributed by atoms with Crippen LogP contribution < -0.4 is 4.90 Å². The van der Waals surface area contributed by atoms with Gasteiger partial charge in [-0.1, -0.05) is 56.5 Å². The lowest BCUT2D eigenvalue weighted by atomic mass is 10.1. The SMILES string of the molecule is CCCCCCn1c(C2CC(=O)N(c3ccccc3)C2)nc2ccccc21. The van der Waals surface area contributed by atoms with Crippen LogP contribution in [0.4, 0.5) is 5.69 Å². The standard InChI is InChI=1S/C23H27N3O/c1-2-3-4-10-15-25-21-14-9-8-13-20(21)24-23(25)18-16-22(27)26(17-18)19-11-6-5-7-12-19/h5-9,11-14,18H,2-4,10,15-17H2,1H3. The Labute approximate surface area is 160 Å². The Morgan fingerprint density at radius 3 is 2.59 bits per heavy atom. The number of hydrogen-bond acceptors (Lipinski definition) is 2. The van der Waals surface area contributed by atoms with Crippen molar-refractivity contribution in [1.29, 1.82) is 0 Å². The van der Waals surface area contributed by atoms with E-state index in [2.05, 4.69) is 29.7 Å². The number of benzene rings is 2. The molecule has 4 nitrogen and oxygen atoms in total. The molecule has 1 fully saturated rings. The van der Waals surface area contributed by atoms with Gasteiger partial charge in [0.15, 0.2) is 0 Å². The first-order valence-electron chi connectivity index (χ1n) is 10.1. The molecular weight excluding hydrogens is 334 g/mol. The number of rotatable bonds is 7. The summed E-state index contributed by atoms with van der Waals surface area (Å²) < 4.78 is 2.36. The molecule has 1 atom stereocenters. The summed E-state index contributed by atoms with van der Waals surface area (Å²) in [5, 5.41) is 0. The number of nitrogens with zero attached hydrogens (tertiary/aromatic N) is 3. The second kappa shape index (κ2) is 7.95. The maximum atomic E-state index is 12.7. The molecule has 0 radical (unpaired) electrons. The molecule has 4 rings (SSSR count). The van der Waals surface area contributed by atoms with Gasteiger partial charge in [-0.25, -0.2) is 4.98 Å². The molecule has 1 amide bonds. The number of aromatic nitrogens is 2. The number of carbonyl (C=O) groups excluding carboxylic acids is 1. The molecule has 0 spiro atoms. The molecule has 4 heteroatoms. The van der Waals surface area contributed by atoms with Crippen molar-refractivity contribution in [3.8, 4) is 0 Å². The Balaban J connectivity index is 1.62. The molecule has 0 aliphatic carbocycles. The lowest BCUT2D eigenvalue weighted by molar-refractivity contribution is -0.117. The average Bonchev–Trinajstić information content (AvgIpc) is 3.26. The highest BCUT2D eigenvalue weighted by atomic mass is 16.2. The van der Waals surface area contributed by atoms with E-state index in [1.165, 1.54) is 24.8 Å². The molecule has 27 heavy (non-hydrogen) atoms. The number of amides is 1. The summed E-state index contributed by atoms with van der Waals surface area (Å²) in [4.78, 5) is 19.5. The van der Waals surface area contributed by atoms with Crippen LogP contribution in [-0.4, -0.2) is 22.0 Å². The second-order valence-electron chi connectivity index (χ2n) is 7.41. The summed E-state index contributed by atoms with van der Waals surface area (Å²) >= 11 is 0. The number of imidazole rings is 1. The fraction of sp³-hybridized carbons (Fsp3) is 0.391. The average molecular weight is 361 g/mol. The van der Waals surface area contributed by atoms with Gasteiger partial charge in [0.05, 0.1) is 11.0 Å². The van der Waals surface area contributed by atoms with E-state index < -0.39 is 0 Å². The summed E-state index contributed by atoms with van der Waals surface area (Å²) in [6.07, 6.45) is 5.44. The van der Waals surface area contributed by atoms with Gasteiger partial charge >= 0.3 is 0 Å². The van der Waals surface area contributed by atoms with Crippen molar-refractivity contribution < 1.29 is 4.79 Å². The van der Waals surface area contributed by atoms with E-state index in [0.29, 0.717) is 13.0 Å². The predicted octanol–water partition coefficient (Wildman–Crippen LogP) is 5.14. The monoisotopic (exact) mass is 361 g/mol. The van der Waals surface area contributed by atoms with Crippen molar-refractivity contribution in [3.63, 3.8) is 0 Å². The Kier molecular flexibility index (Phi) is 5.23. The van der Waals surface area contributed by atoms with Gasteiger partial charge in [0.25, 0.3) is 0 Å². The van der Waals surface area contributed by atoms with Crippen molar-refractivity contribution in [2.45, 2.75) is 51.5 Å². The highest BCUT2D eigenvalue weighted by Crippen LogP contribution is 2.33. The maximum Gasteiger partial charge on any atom is 0.227 e. The van der Waals surface area contributed by atoms with Crippen LogP contribution in [0.3, 0.4) is 0 Å². The van der Waals surface area contributed by atoms with E-state index in [-0.39, 0.29) is 11.8 Å². The number of unbranched alkanes of at least 4 members (excludes halogenated alkanes) is 3. The number of para-hydroxylation sites is 3. The zero-order chi connectivity index (χ0) is 18.6. The quantitative estimate of drug-likeness (QED) is 0.547. The van der Waals surface area contributed by atoms with Gasteiger partial charge < -0.3 is 9.47 Å². The van der Waals surface area contributed by atoms with Crippen molar-refractivity contribution in [1.82, 2.24) is 9.55 Å². The van der Waals surface area contributed by atoms with Crippen LogP contribution in [0.5, 0.6) is 0 Å². The largest absolute Gasteiger partial charge is 0.328 e. The van der Waals surface area contributed by atoms with Crippen LogP contribution in [0.1, 0.15) is 50.8 Å². The zero-order valence-corrected chi connectivity index (χ0v) is 16.0. The molecule has 0 bridgehead atoms. The Morgan fingerprint density at radius 2 is 1.78 bits per heavy atom. The van der Waals surface area contributed by atoms with Gasteiger partial charge in [-0.05, 0) is 30.7 Å². The Morgan fingerprint density at radius 1 is 1.00 bits per heavy atom. The van der Waals surface area contributed by atoms with E-state index >= 15 is 0 Å². The van der Waals surface area contributed by atoms with Gasteiger partial charge in [0, 0.05) is 31.1 Å². The van der Waals surface area contributed by atoms with E-state index in [9.17, 15) is 4.79 Å². The van der Waals surface area contributed by atoms with Crippen molar-refractivity contribution in [2.24, 2.45) is 0 Å². The molecule has 1 saturated heterocycles. The fourth-order valence-electron chi connectivity index (χ4n) is 4.08. The first-order valence-corrected chi connectivity index (χ1v) is 10.1. The van der Waals surface area contributed by atoms with Crippen LogP contribution in [0.2, 0.25) is 0 Å². The third kappa shape index (κ3) is 3.61. The predicted molar refractivity (Wildman–Crippen MR) is 110 cm³/mol. The molecule has 140 valence electrons. The Bertz CT molecular complexity index is 916. The van der Waals surface area contributed by atoms with Crippen LogP contribution in [-0.2, 0) is 11.3 Å².